The summed E-state index contributed by atoms with van der Waals surface area (Å²) in [4.78, 5) is 0. The summed E-state index contributed by atoms with van der Waals surface area (Å²) >= 11 is 0. The molecule has 0 saturated carbocycles. The zero-order valence-corrected chi connectivity index (χ0v) is 12.8. The van der Waals surface area contributed by atoms with E-state index in [0.29, 0.717) is 0 Å². The van der Waals surface area contributed by atoms with Crippen molar-refractivity contribution in [3.8, 4) is 0 Å². The summed E-state index contributed by atoms with van der Waals surface area (Å²) in [7, 11) is -0.339. The van der Waals surface area contributed by atoms with Crippen LogP contribution >= 0.6 is 0 Å². The predicted octanol–water partition coefficient (Wildman–Crippen LogP) is 1.10. The van der Waals surface area contributed by atoms with E-state index in [1.165, 1.54) is 7.11 Å². The highest BCUT2D eigenvalue weighted by Gasteiger charge is 2.44. The smallest absolute Gasteiger partial charge is 0.192 e. The molecule has 1 saturated heterocycles. The Labute approximate surface area is 110 Å². The van der Waals surface area contributed by atoms with Crippen LogP contribution in [0.1, 0.15) is 20.8 Å². The molecular weight excluding hydrogens is 252 g/mol. The molecule has 0 radical (unpaired) electrons. The Bertz CT molecular complexity index is 236. The summed E-state index contributed by atoms with van der Waals surface area (Å²) in [5.41, 5.74) is 0. The second-order valence-corrected chi connectivity index (χ2v) is 9.54. The highest BCUT2D eigenvalue weighted by Crippen LogP contribution is 2.29. The maximum atomic E-state index is 10.1. The molecule has 1 heterocycles. The summed E-state index contributed by atoms with van der Waals surface area (Å²) < 4.78 is 16.8. The fraction of sp³-hybridized carbons (Fsp3) is 1.00. The molecule has 18 heavy (non-hydrogen) atoms. The molecule has 1 aliphatic rings. The van der Waals surface area contributed by atoms with Gasteiger partial charge in [0.2, 0.25) is 0 Å². The summed E-state index contributed by atoms with van der Waals surface area (Å²) in [5.74, 6) is 0. The first-order valence-corrected chi connectivity index (χ1v) is 9.24. The highest BCUT2D eigenvalue weighted by atomic mass is 28.4. The van der Waals surface area contributed by atoms with Crippen molar-refractivity contribution in [1.29, 1.82) is 0 Å². The van der Waals surface area contributed by atoms with E-state index in [9.17, 15) is 10.2 Å². The average Bonchev–Trinajstić information content (AvgIpc) is 2.41. The molecule has 2 N–H and O–H groups in total. The van der Waals surface area contributed by atoms with E-state index >= 15 is 0 Å². The first-order chi connectivity index (χ1) is 8.53. The van der Waals surface area contributed by atoms with Crippen molar-refractivity contribution in [3.63, 3.8) is 0 Å². The number of rotatable bonds is 6. The minimum Gasteiger partial charge on any atom is -0.406 e. The molecule has 6 heteroatoms. The van der Waals surface area contributed by atoms with Crippen molar-refractivity contribution < 1.29 is 24.1 Å². The minimum atomic E-state index is -1.87. The molecule has 108 valence electrons. The lowest BCUT2D eigenvalue weighted by atomic mass is 10.1. The number of aliphatic hydroxyl groups excluding tert-OH is 2. The Morgan fingerprint density at radius 3 is 2.17 bits per heavy atom. The average molecular weight is 278 g/mol. The van der Waals surface area contributed by atoms with Crippen molar-refractivity contribution >= 4 is 8.32 Å². The van der Waals surface area contributed by atoms with E-state index in [0.717, 1.165) is 18.1 Å². The van der Waals surface area contributed by atoms with Gasteiger partial charge >= 0.3 is 0 Å². The van der Waals surface area contributed by atoms with Gasteiger partial charge in [-0.05, 0) is 18.1 Å². The largest absolute Gasteiger partial charge is 0.406 e. The molecule has 5 nitrogen and oxygen atoms in total. The lowest BCUT2D eigenvalue weighted by molar-refractivity contribution is -0.257. The van der Waals surface area contributed by atoms with Crippen LogP contribution in [-0.2, 0) is 13.9 Å². The fourth-order valence-corrected chi connectivity index (χ4v) is 5.21. The van der Waals surface area contributed by atoms with Gasteiger partial charge < -0.3 is 24.1 Å². The molecule has 0 bridgehead atoms. The van der Waals surface area contributed by atoms with Gasteiger partial charge in [0.1, 0.15) is 18.3 Å². The Morgan fingerprint density at radius 1 is 1.17 bits per heavy atom. The molecule has 0 unspecified atom stereocenters. The Balaban J connectivity index is 2.82. The van der Waals surface area contributed by atoms with Gasteiger partial charge in [0, 0.05) is 7.11 Å². The van der Waals surface area contributed by atoms with Gasteiger partial charge in [-0.1, -0.05) is 20.8 Å². The fourth-order valence-electron chi connectivity index (χ4n) is 2.38. The third-order valence-corrected chi connectivity index (χ3v) is 8.62. The number of aliphatic hydroxyl groups is 2. The minimum absolute atomic E-state index is 0.0818. The SMILES string of the molecule is CC[Si](CC)(CC)O[C@H]1[C@@H](OC)OC[C@H](O)[C@@H]1O. The van der Waals surface area contributed by atoms with E-state index in [2.05, 4.69) is 20.8 Å². The van der Waals surface area contributed by atoms with Gasteiger partial charge in [-0.3, -0.25) is 0 Å². The summed E-state index contributed by atoms with van der Waals surface area (Å²) in [6.07, 6.45) is -3.04. The highest BCUT2D eigenvalue weighted by molar-refractivity contribution is 6.73. The van der Waals surface area contributed by atoms with E-state index in [1.54, 1.807) is 0 Å². The Hall–Kier alpha value is 0.0169. The molecule has 0 aromatic heterocycles. The van der Waals surface area contributed by atoms with E-state index in [4.69, 9.17) is 13.9 Å². The summed E-state index contributed by atoms with van der Waals surface area (Å²) in [6.45, 7) is 6.44. The maximum Gasteiger partial charge on any atom is 0.192 e. The zero-order valence-electron chi connectivity index (χ0n) is 11.8. The third kappa shape index (κ3) is 3.31. The number of ether oxygens (including phenoxy) is 2. The van der Waals surface area contributed by atoms with Crippen molar-refractivity contribution in [2.45, 2.75) is 63.5 Å². The standard InChI is InChI=1S/C12H26O5Si/c1-5-18(6-2,7-3)17-11-10(14)9(13)8-16-12(11)15-4/h9-14H,5-8H2,1-4H3/t9-,10-,11+,12-/m0/s1. The maximum absolute atomic E-state index is 10.1. The van der Waals surface area contributed by atoms with Gasteiger partial charge in [0.25, 0.3) is 0 Å². The molecule has 4 atom stereocenters. The molecule has 0 aliphatic carbocycles. The monoisotopic (exact) mass is 278 g/mol. The summed E-state index contributed by atoms with van der Waals surface area (Å²) in [5, 5.41) is 19.8. The van der Waals surface area contributed by atoms with Crippen LogP contribution in [-0.4, -0.2) is 56.8 Å². The molecular formula is C12H26O5Si. The Morgan fingerprint density at radius 2 is 1.72 bits per heavy atom. The lowest BCUT2D eigenvalue weighted by Crippen LogP contribution is -2.58. The van der Waals surface area contributed by atoms with Crippen molar-refractivity contribution in [2.75, 3.05) is 13.7 Å². The lowest BCUT2D eigenvalue weighted by Gasteiger charge is -2.42. The van der Waals surface area contributed by atoms with Crippen molar-refractivity contribution in [1.82, 2.24) is 0 Å². The first-order valence-electron chi connectivity index (χ1n) is 6.71. The van der Waals surface area contributed by atoms with Crippen LogP contribution in [0.3, 0.4) is 0 Å². The van der Waals surface area contributed by atoms with Crippen LogP contribution in [0.4, 0.5) is 0 Å². The van der Waals surface area contributed by atoms with E-state index < -0.39 is 32.9 Å². The van der Waals surface area contributed by atoms with Gasteiger partial charge in [0.05, 0.1) is 6.61 Å². The molecule has 1 aliphatic heterocycles. The van der Waals surface area contributed by atoms with E-state index in [-0.39, 0.29) is 6.61 Å². The number of hydrogen-bond acceptors (Lipinski definition) is 5. The first kappa shape index (κ1) is 16.1. The zero-order chi connectivity index (χ0) is 13.8. The van der Waals surface area contributed by atoms with Crippen LogP contribution in [0.15, 0.2) is 0 Å². The molecule has 1 rings (SSSR count). The number of hydrogen-bond donors (Lipinski definition) is 2. The second-order valence-electron chi connectivity index (χ2n) is 4.82. The van der Waals surface area contributed by atoms with Crippen molar-refractivity contribution in [2.24, 2.45) is 0 Å². The molecule has 0 aromatic rings. The van der Waals surface area contributed by atoms with Crippen LogP contribution in [0.25, 0.3) is 0 Å². The van der Waals surface area contributed by atoms with Crippen LogP contribution in [0.5, 0.6) is 0 Å². The second kappa shape index (κ2) is 6.98. The third-order valence-electron chi connectivity index (χ3n) is 3.98. The molecule has 0 amide bonds. The molecule has 0 aromatic carbocycles. The van der Waals surface area contributed by atoms with Crippen LogP contribution < -0.4 is 0 Å². The van der Waals surface area contributed by atoms with Crippen LogP contribution in [0.2, 0.25) is 18.1 Å². The van der Waals surface area contributed by atoms with Gasteiger partial charge in [0.15, 0.2) is 14.6 Å². The molecule has 1 fully saturated rings. The molecule has 0 spiro atoms. The van der Waals surface area contributed by atoms with Gasteiger partial charge in [-0.25, -0.2) is 0 Å². The summed E-state index contributed by atoms with van der Waals surface area (Å²) in [6, 6.07) is 2.95. The quantitative estimate of drug-likeness (QED) is 0.712. The van der Waals surface area contributed by atoms with E-state index in [1.807, 2.05) is 0 Å². The van der Waals surface area contributed by atoms with Crippen molar-refractivity contribution in [3.05, 3.63) is 0 Å². The van der Waals surface area contributed by atoms with Gasteiger partial charge in [-0.2, -0.15) is 0 Å². The Kier molecular flexibility index (Phi) is 6.23. The topological polar surface area (TPSA) is 68.2 Å². The van der Waals surface area contributed by atoms with Crippen LogP contribution in [0, 0.1) is 0 Å². The predicted molar refractivity (Wildman–Crippen MR) is 70.8 cm³/mol. The van der Waals surface area contributed by atoms with Gasteiger partial charge in [-0.15, -0.1) is 0 Å². The normalized spacial score (nSPS) is 33.7. The number of methoxy groups -OCH3 is 1.